The number of para-hydroxylation sites is 2. The van der Waals surface area contributed by atoms with E-state index in [0.29, 0.717) is 17.2 Å². The van der Waals surface area contributed by atoms with Crippen LogP contribution in [0, 0.1) is 0 Å². The molecule has 2 aromatic carbocycles. The molecule has 0 fully saturated rings. The Morgan fingerprint density at radius 3 is 2.62 bits per heavy atom. The van der Waals surface area contributed by atoms with Gasteiger partial charge < -0.3 is 19.7 Å². The van der Waals surface area contributed by atoms with Crippen molar-refractivity contribution in [2.75, 3.05) is 18.5 Å². The molecule has 1 N–H and O–H groups in total. The number of fused-ring (bicyclic) bond motifs is 1. The minimum Gasteiger partial charge on any atom is -0.481 e. The van der Waals surface area contributed by atoms with Crippen LogP contribution in [0.15, 0.2) is 53.0 Å². The number of ether oxygens (including phenoxy) is 2. The fourth-order valence-electron chi connectivity index (χ4n) is 2.73. The second-order valence-corrected chi connectivity index (χ2v) is 6.77. The molecule has 2 unspecified atom stereocenters. The second kappa shape index (κ2) is 7.78. The summed E-state index contributed by atoms with van der Waals surface area (Å²) in [7, 11) is 1.54. The third kappa shape index (κ3) is 3.83. The molecule has 0 spiro atoms. The summed E-state index contributed by atoms with van der Waals surface area (Å²) in [6.07, 6.45) is -1.48. The van der Waals surface area contributed by atoms with Crippen LogP contribution in [0.5, 0.6) is 11.5 Å². The van der Waals surface area contributed by atoms with Gasteiger partial charge in [0.05, 0.1) is 12.2 Å². The molecule has 0 aromatic heterocycles. The highest BCUT2D eigenvalue weighted by atomic mass is 79.9. The molecule has 0 saturated heterocycles. The van der Waals surface area contributed by atoms with Gasteiger partial charge in [-0.1, -0.05) is 28.1 Å². The molecule has 0 radical (unpaired) electrons. The summed E-state index contributed by atoms with van der Waals surface area (Å²) in [5.74, 6) is 0.575. The van der Waals surface area contributed by atoms with E-state index in [1.165, 1.54) is 7.05 Å². The quantitative estimate of drug-likeness (QED) is 0.828. The molecular formula is C19H19BrN2O4. The number of anilines is 1. The highest BCUT2D eigenvalue weighted by Crippen LogP contribution is 2.33. The first-order chi connectivity index (χ1) is 12.5. The summed E-state index contributed by atoms with van der Waals surface area (Å²) in [6.45, 7) is 1.82. The van der Waals surface area contributed by atoms with Gasteiger partial charge in [0.2, 0.25) is 0 Å². The van der Waals surface area contributed by atoms with Gasteiger partial charge in [-0.25, -0.2) is 0 Å². The van der Waals surface area contributed by atoms with Gasteiger partial charge in [-0.3, -0.25) is 9.59 Å². The number of rotatable bonds is 4. The Labute approximate surface area is 160 Å². The van der Waals surface area contributed by atoms with Gasteiger partial charge in [-0.15, -0.1) is 0 Å². The number of carbonyl (C=O) groups excluding carboxylic acids is 2. The van der Waals surface area contributed by atoms with E-state index >= 15 is 0 Å². The standard InChI is InChI=1S/C19H19BrN2O4/c1-12(25-14-9-7-13(20)8-10-14)19(24)22-11-17(18(23)21-2)26-16-6-4-3-5-15(16)22/h3-10,12,17H,11H2,1-2H3,(H,21,23). The Hall–Kier alpha value is -2.54. The predicted octanol–water partition coefficient (Wildman–Crippen LogP) is 2.76. The van der Waals surface area contributed by atoms with Gasteiger partial charge in [0.1, 0.15) is 11.5 Å². The van der Waals surface area contributed by atoms with Crippen LogP contribution in [-0.2, 0) is 9.59 Å². The molecule has 0 saturated carbocycles. The van der Waals surface area contributed by atoms with E-state index in [4.69, 9.17) is 9.47 Å². The molecule has 1 aliphatic rings. The molecular weight excluding hydrogens is 400 g/mol. The van der Waals surface area contributed by atoms with E-state index in [2.05, 4.69) is 21.2 Å². The van der Waals surface area contributed by atoms with Crippen molar-refractivity contribution in [3.8, 4) is 11.5 Å². The predicted molar refractivity (Wildman–Crippen MR) is 102 cm³/mol. The van der Waals surface area contributed by atoms with E-state index in [0.717, 1.165) is 4.47 Å². The maximum Gasteiger partial charge on any atom is 0.268 e. The SMILES string of the molecule is CNC(=O)C1CN(C(=O)C(C)Oc2ccc(Br)cc2)c2ccccc2O1. The van der Waals surface area contributed by atoms with Gasteiger partial charge in [-0.2, -0.15) is 0 Å². The van der Waals surface area contributed by atoms with E-state index in [1.807, 2.05) is 18.2 Å². The number of hydrogen-bond acceptors (Lipinski definition) is 4. The van der Waals surface area contributed by atoms with Crippen molar-refractivity contribution in [1.82, 2.24) is 5.32 Å². The average Bonchev–Trinajstić information content (AvgIpc) is 2.67. The van der Waals surface area contributed by atoms with Gasteiger partial charge in [0.25, 0.3) is 11.8 Å². The van der Waals surface area contributed by atoms with Crippen LogP contribution in [0.3, 0.4) is 0 Å². The third-order valence-corrected chi connectivity index (χ3v) is 4.58. The number of carbonyl (C=O) groups is 2. The van der Waals surface area contributed by atoms with Gasteiger partial charge in [0, 0.05) is 11.5 Å². The van der Waals surface area contributed by atoms with Crippen molar-refractivity contribution in [2.45, 2.75) is 19.1 Å². The van der Waals surface area contributed by atoms with Crippen LogP contribution in [0.1, 0.15) is 6.92 Å². The second-order valence-electron chi connectivity index (χ2n) is 5.85. The van der Waals surface area contributed by atoms with E-state index < -0.39 is 12.2 Å². The smallest absolute Gasteiger partial charge is 0.268 e. The zero-order valence-electron chi connectivity index (χ0n) is 14.4. The molecule has 26 heavy (non-hydrogen) atoms. The summed E-state index contributed by atoms with van der Waals surface area (Å²) >= 11 is 3.37. The third-order valence-electron chi connectivity index (χ3n) is 4.05. The first-order valence-electron chi connectivity index (χ1n) is 8.20. The first kappa shape index (κ1) is 18.3. The van der Waals surface area contributed by atoms with E-state index in [-0.39, 0.29) is 18.4 Å². The number of nitrogens with zero attached hydrogens (tertiary/aromatic N) is 1. The zero-order chi connectivity index (χ0) is 18.7. The number of hydrogen-bond donors (Lipinski definition) is 1. The van der Waals surface area contributed by atoms with Crippen LogP contribution in [0.4, 0.5) is 5.69 Å². The van der Waals surface area contributed by atoms with Crippen LogP contribution in [0.25, 0.3) is 0 Å². The summed E-state index contributed by atoms with van der Waals surface area (Å²) in [5.41, 5.74) is 0.629. The lowest BCUT2D eigenvalue weighted by atomic mass is 10.1. The lowest BCUT2D eigenvalue weighted by Crippen LogP contribution is -2.52. The molecule has 7 heteroatoms. The van der Waals surface area contributed by atoms with Gasteiger partial charge in [0.15, 0.2) is 12.2 Å². The lowest BCUT2D eigenvalue weighted by Gasteiger charge is -2.35. The molecule has 3 rings (SSSR count). The summed E-state index contributed by atoms with van der Waals surface area (Å²) in [6, 6.07) is 14.4. The maximum atomic E-state index is 13.0. The molecule has 6 nitrogen and oxygen atoms in total. The topological polar surface area (TPSA) is 67.9 Å². The molecule has 2 atom stereocenters. The Kier molecular flexibility index (Phi) is 5.46. The maximum absolute atomic E-state index is 13.0. The molecule has 0 aliphatic carbocycles. The van der Waals surface area contributed by atoms with E-state index in [1.54, 1.807) is 42.2 Å². The molecule has 136 valence electrons. The largest absolute Gasteiger partial charge is 0.481 e. The lowest BCUT2D eigenvalue weighted by molar-refractivity contribution is -0.129. The number of halogens is 1. The van der Waals surface area contributed by atoms with Crippen molar-refractivity contribution in [3.05, 3.63) is 53.0 Å². The minimum atomic E-state index is -0.765. The normalized spacial score (nSPS) is 16.9. The van der Waals surface area contributed by atoms with Crippen LogP contribution >= 0.6 is 15.9 Å². The highest BCUT2D eigenvalue weighted by Gasteiger charge is 2.35. The fourth-order valence-corrected chi connectivity index (χ4v) is 2.99. The van der Waals surface area contributed by atoms with E-state index in [9.17, 15) is 9.59 Å². The Morgan fingerprint density at radius 1 is 1.23 bits per heavy atom. The van der Waals surface area contributed by atoms with Crippen molar-refractivity contribution < 1.29 is 19.1 Å². The number of nitrogens with one attached hydrogen (secondary N) is 1. The van der Waals surface area contributed by atoms with Crippen molar-refractivity contribution in [2.24, 2.45) is 0 Å². The molecule has 1 aliphatic heterocycles. The zero-order valence-corrected chi connectivity index (χ0v) is 16.0. The Bertz CT molecular complexity index is 809. The number of amides is 2. The Balaban J connectivity index is 1.82. The Morgan fingerprint density at radius 2 is 1.92 bits per heavy atom. The van der Waals surface area contributed by atoms with Crippen molar-refractivity contribution in [3.63, 3.8) is 0 Å². The van der Waals surface area contributed by atoms with Crippen molar-refractivity contribution >= 4 is 33.4 Å². The monoisotopic (exact) mass is 418 g/mol. The number of benzene rings is 2. The van der Waals surface area contributed by atoms with Crippen molar-refractivity contribution in [1.29, 1.82) is 0 Å². The molecule has 2 amide bonds. The number of likely N-dealkylation sites (N-methyl/N-ethyl adjacent to an activating group) is 1. The van der Waals surface area contributed by atoms with Crippen LogP contribution < -0.4 is 19.7 Å². The molecule has 2 aromatic rings. The molecule has 0 bridgehead atoms. The summed E-state index contributed by atoms with van der Waals surface area (Å²) < 4.78 is 12.4. The summed E-state index contributed by atoms with van der Waals surface area (Å²) in [5, 5.41) is 2.56. The highest BCUT2D eigenvalue weighted by molar-refractivity contribution is 9.10. The van der Waals surface area contributed by atoms with Crippen LogP contribution in [0.2, 0.25) is 0 Å². The van der Waals surface area contributed by atoms with Gasteiger partial charge >= 0.3 is 0 Å². The minimum absolute atomic E-state index is 0.129. The average molecular weight is 419 g/mol. The van der Waals surface area contributed by atoms with Gasteiger partial charge in [-0.05, 0) is 43.3 Å². The van der Waals surface area contributed by atoms with Crippen LogP contribution in [-0.4, -0.2) is 37.6 Å². The fraction of sp³-hybridized carbons (Fsp3) is 0.263. The first-order valence-corrected chi connectivity index (χ1v) is 8.99. The summed E-state index contributed by atoms with van der Waals surface area (Å²) in [4.78, 5) is 26.6. The molecule has 1 heterocycles.